The largest absolute Gasteiger partial charge is 0.490 e. The summed E-state index contributed by atoms with van der Waals surface area (Å²) in [7, 11) is 0. The number of ether oxygens (including phenoxy) is 1. The number of rotatable bonds is 4. The van der Waals surface area contributed by atoms with Crippen molar-refractivity contribution in [2.75, 3.05) is 0 Å². The Kier molecular flexibility index (Phi) is 6.68. The first-order valence-corrected chi connectivity index (χ1v) is 9.92. The Hall–Kier alpha value is -3.70. The molecule has 3 aromatic rings. The summed E-state index contributed by atoms with van der Waals surface area (Å²) in [5, 5.41) is 21.0. The molecule has 0 bridgehead atoms. The maximum atomic E-state index is 9.41. The molecule has 2 aromatic carbocycles. The fourth-order valence-electron chi connectivity index (χ4n) is 3.45. The van der Waals surface area contributed by atoms with Crippen LogP contribution in [0.5, 0.6) is 5.75 Å². The third-order valence-corrected chi connectivity index (χ3v) is 4.69. The number of fused-ring (bicyclic) bond motifs is 1. The fourth-order valence-corrected chi connectivity index (χ4v) is 3.45. The van der Waals surface area contributed by atoms with Crippen molar-refractivity contribution < 1.29 is 19.2 Å². The second-order valence-corrected chi connectivity index (χ2v) is 7.45. The van der Waals surface area contributed by atoms with Crippen LogP contribution in [0, 0.1) is 11.3 Å². The minimum Gasteiger partial charge on any atom is -0.490 e. The number of hydrogen-bond donors (Lipinski definition) is 2. The molecule has 3 N–H and O–H groups in total. The van der Waals surface area contributed by atoms with Gasteiger partial charge in [0.1, 0.15) is 11.8 Å². The zero-order valence-electron chi connectivity index (χ0n) is 17.6. The normalized spacial score (nSPS) is 14.4. The molecular formula is C23H24N4O4. The molecule has 0 spiro atoms. The molecule has 1 aliphatic rings. The molecule has 1 heterocycles. The smallest absolute Gasteiger partial charge is 0.300 e. The number of carbonyl (C=O) groups is 1. The number of nitrogens with zero attached hydrogens (tertiary/aromatic N) is 3. The van der Waals surface area contributed by atoms with Gasteiger partial charge in [-0.3, -0.25) is 4.79 Å². The van der Waals surface area contributed by atoms with E-state index in [1.807, 2.05) is 32.0 Å². The molecular weight excluding hydrogens is 396 g/mol. The number of carboxylic acid groups (broad SMARTS) is 1. The van der Waals surface area contributed by atoms with Crippen molar-refractivity contribution in [1.29, 1.82) is 5.26 Å². The number of nitrogens with two attached hydrogens (primary N) is 1. The Morgan fingerprint density at radius 1 is 1.35 bits per heavy atom. The third-order valence-electron chi connectivity index (χ3n) is 4.69. The van der Waals surface area contributed by atoms with Crippen molar-refractivity contribution in [3.63, 3.8) is 0 Å². The number of carboxylic acids is 1. The summed E-state index contributed by atoms with van der Waals surface area (Å²) in [6, 6.07) is 13.5. The van der Waals surface area contributed by atoms with Gasteiger partial charge in [-0.25, -0.2) is 0 Å². The van der Waals surface area contributed by atoms with Crippen LogP contribution in [0.1, 0.15) is 49.9 Å². The number of aromatic nitrogens is 2. The van der Waals surface area contributed by atoms with E-state index in [2.05, 4.69) is 22.3 Å². The summed E-state index contributed by atoms with van der Waals surface area (Å²) in [4.78, 5) is 13.6. The van der Waals surface area contributed by atoms with Crippen LogP contribution >= 0.6 is 0 Å². The average Bonchev–Trinajstić information content (AvgIpc) is 3.35. The van der Waals surface area contributed by atoms with Gasteiger partial charge in [-0.15, -0.1) is 0 Å². The zero-order valence-corrected chi connectivity index (χ0v) is 17.6. The van der Waals surface area contributed by atoms with Crippen molar-refractivity contribution in [2.45, 2.75) is 45.8 Å². The topological polar surface area (TPSA) is 135 Å². The molecule has 31 heavy (non-hydrogen) atoms. The van der Waals surface area contributed by atoms with Crippen molar-refractivity contribution in [1.82, 2.24) is 10.1 Å². The lowest BCUT2D eigenvalue weighted by Gasteiger charge is -2.11. The Balaban J connectivity index is 0.000000628. The first kappa shape index (κ1) is 22.0. The number of benzene rings is 2. The highest BCUT2D eigenvalue weighted by atomic mass is 16.5. The second-order valence-electron chi connectivity index (χ2n) is 7.45. The van der Waals surface area contributed by atoms with E-state index < -0.39 is 5.97 Å². The van der Waals surface area contributed by atoms with Gasteiger partial charge in [0.15, 0.2) is 0 Å². The van der Waals surface area contributed by atoms with Crippen LogP contribution < -0.4 is 10.5 Å². The molecule has 160 valence electrons. The summed E-state index contributed by atoms with van der Waals surface area (Å²) in [5.74, 6) is 0.625. The van der Waals surface area contributed by atoms with Crippen LogP contribution in [0.2, 0.25) is 0 Å². The van der Waals surface area contributed by atoms with Crippen LogP contribution in [-0.4, -0.2) is 27.3 Å². The van der Waals surface area contributed by atoms with Gasteiger partial charge in [0.25, 0.3) is 11.9 Å². The Labute approximate surface area is 180 Å². The molecule has 0 saturated carbocycles. The highest BCUT2D eigenvalue weighted by Crippen LogP contribution is 2.36. The molecule has 1 aliphatic carbocycles. The average molecular weight is 420 g/mol. The van der Waals surface area contributed by atoms with Crippen LogP contribution in [-0.2, 0) is 11.2 Å². The van der Waals surface area contributed by atoms with Crippen LogP contribution in [0.15, 0.2) is 40.9 Å². The maximum absolute atomic E-state index is 9.41. The number of hydrogen-bond acceptors (Lipinski definition) is 7. The van der Waals surface area contributed by atoms with Gasteiger partial charge in [-0.05, 0) is 56.0 Å². The standard InChI is InChI=1S/C21H20N4O2.C2H4O2/c1-12(2)26-19-9-6-13(10-14(19)11-22)21-24-20(25-27-21)17-5-3-4-16-15(17)7-8-18(16)23;1-2(3)4/h3-6,9-10,12,18H,7-8,23H2,1-2H3;1H3,(H,3,4)/t18-;/m1./s1. The van der Waals surface area contributed by atoms with E-state index in [9.17, 15) is 5.26 Å². The summed E-state index contributed by atoms with van der Waals surface area (Å²) in [6.07, 6.45) is 1.83. The van der Waals surface area contributed by atoms with E-state index in [0.29, 0.717) is 28.6 Å². The molecule has 0 aliphatic heterocycles. The molecule has 8 nitrogen and oxygen atoms in total. The first-order valence-electron chi connectivity index (χ1n) is 9.92. The molecule has 0 unspecified atom stereocenters. The monoisotopic (exact) mass is 420 g/mol. The third kappa shape index (κ3) is 5.08. The summed E-state index contributed by atoms with van der Waals surface area (Å²) >= 11 is 0. The van der Waals surface area contributed by atoms with Gasteiger partial charge in [0.2, 0.25) is 5.82 Å². The molecule has 1 aromatic heterocycles. The SMILES string of the molecule is CC(=O)O.CC(C)Oc1ccc(-c2nc(-c3cccc4c3CC[C@H]4N)no2)cc1C#N. The lowest BCUT2D eigenvalue weighted by atomic mass is 10.0. The Morgan fingerprint density at radius 3 is 2.77 bits per heavy atom. The van der Waals surface area contributed by atoms with Crippen molar-refractivity contribution in [3.05, 3.63) is 53.1 Å². The van der Waals surface area contributed by atoms with E-state index >= 15 is 0 Å². The van der Waals surface area contributed by atoms with E-state index in [1.54, 1.807) is 12.1 Å². The minimum atomic E-state index is -0.833. The Bertz CT molecular complexity index is 1130. The van der Waals surface area contributed by atoms with Gasteiger partial charge < -0.3 is 20.1 Å². The van der Waals surface area contributed by atoms with Gasteiger partial charge >= 0.3 is 0 Å². The van der Waals surface area contributed by atoms with E-state index in [1.165, 1.54) is 5.56 Å². The molecule has 8 heteroatoms. The first-order chi connectivity index (χ1) is 14.8. The minimum absolute atomic E-state index is 0.00972. The molecule has 1 atom stereocenters. The van der Waals surface area contributed by atoms with Gasteiger partial charge in [-0.1, -0.05) is 23.4 Å². The van der Waals surface area contributed by atoms with Gasteiger partial charge in [0, 0.05) is 24.1 Å². The summed E-state index contributed by atoms with van der Waals surface area (Å²) < 4.78 is 11.1. The molecule has 4 rings (SSSR count). The summed E-state index contributed by atoms with van der Waals surface area (Å²) in [6.45, 7) is 4.92. The highest BCUT2D eigenvalue weighted by molar-refractivity contribution is 5.67. The van der Waals surface area contributed by atoms with Crippen LogP contribution in [0.25, 0.3) is 22.8 Å². The zero-order chi connectivity index (χ0) is 22.5. The number of aliphatic carboxylic acids is 1. The quantitative estimate of drug-likeness (QED) is 0.644. The second kappa shape index (κ2) is 9.41. The number of nitriles is 1. The lowest BCUT2D eigenvalue weighted by Crippen LogP contribution is -2.06. The van der Waals surface area contributed by atoms with Crippen LogP contribution in [0.3, 0.4) is 0 Å². The van der Waals surface area contributed by atoms with Crippen molar-refractivity contribution in [3.8, 4) is 34.7 Å². The fraction of sp³-hybridized carbons (Fsp3) is 0.304. The van der Waals surface area contributed by atoms with E-state index in [-0.39, 0.29) is 12.1 Å². The molecule has 0 radical (unpaired) electrons. The molecule has 0 amide bonds. The van der Waals surface area contributed by atoms with Crippen molar-refractivity contribution in [2.24, 2.45) is 5.73 Å². The molecule has 0 saturated heterocycles. The predicted octanol–water partition coefficient (Wildman–Crippen LogP) is 4.10. The van der Waals surface area contributed by atoms with Crippen molar-refractivity contribution >= 4 is 5.97 Å². The molecule has 0 fully saturated rings. The van der Waals surface area contributed by atoms with Gasteiger partial charge in [-0.2, -0.15) is 10.2 Å². The van der Waals surface area contributed by atoms with Gasteiger partial charge in [0.05, 0.1) is 11.7 Å². The van der Waals surface area contributed by atoms with Crippen LogP contribution in [0.4, 0.5) is 0 Å². The van der Waals surface area contributed by atoms with E-state index in [4.69, 9.17) is 24.9 Å². The Morgan fingerprint density at radius 2 is 2.10 bits per heavy atom. The maximum Gasteiger partial charge on any atom is 0.300 e. The lowest BCUT2D eigenvalue weighted by molar-refractivity contribution is -0.134. The summed E-state index contributed by atoms with van der Waals surface area (Å²) in [5.41, 5.74) is 10.6. The van der Waals surface area contributed by atoms with E-state index in [0.717, 1.165) is 30.9 Å². The highest BCUT2D eigenvalue weighted by Gasteiger charge is 2.24. The predicted molar refractivity (Wildman–Crippen MR) is 114 cm³/mol.